The third-order valence-corrected chi connectivity index (χ3v) is 6.61. The van der Waals surface area contributed by atoms with Gasteiger partial charge in [0.25, 0.3) is 5.91 Å². The van der Waals surface area contributed by atoms with Crippen LogP contribution in [0.4, 0.5) is 29.5 Å². The third-order valence-electron chi connectivity index (χ3n) is 6.61. The number of aryl methyl sites for hydroxylation is 1. The van der Waals surface area contributed by atoms with Crippen LogP contribution in [-0.2, 0) is 6.18 Å². The van der Waals surface area contributed by atoms with Gasteiger partial charge in [0.1, 0.15) is 0 Å². The lowest BCUT2D eigenvalue weighted by atomic mass is 10.1. The Bertz CT molecular complexity index is 1540. The number of alkyl halides is 3. The molecule has 0 saturated carbocycles. The van der Waals surface area contributed by atoms with E-state index in [1.165, 1.54) is 29.2 Å². The summed E-state index contributed by atoms with van der Waals surface area (Å²) in [7, 11) is 0. The van der Waals surface area contributed by atoms with Gasteiger partial charge in [0.2, 0.25) is 0 Å². The van der Waals surface area contributed by atoms with Gasteiger partial charge in [-0.25, -0.2) is 14.8 Å². The molecule has 5 N–H and O–H groups in total. The lowest BCUT2D eigenvalue weighted by Gasteiger charge is -2.35. The number of carbonyl (C=O) groups is 2. The maximum atomic E-state index is 13.4. The Balaban J connectivity index is 1.30. The lowest BCUT2D eigenvalue weighted by Crippen LogP contribution is -2.53. The predicted octanol–water partition coefficient (Wildman–Crippen LogP) is 2.62. The fourth-order valence-electron chi connectivity index (χ4n) is 4.60. The molecule has 5 rings (SSSR count). The summed E-state index contributed by atoms with van der Waals surface area (Å²) in [5.41, 5.74) is 6.66. The van der Waals surface area contributed by atoms with Crippen LogP contribution < -0.4 is 16.4 Å². The molecule has 210 valence electrons. The zero-order valence-corrected chi connectivity index (χ0v) is 21.5. The SMILES string of the molecule is Cc1cc(Nc2nccn3c(-c4c[nH]nc4C(F)(F)F)cnc23)ccc1C(=O)N1CCN(C(=O)NCCN)CC1. The Kier molecular flexibility index (Phi) is 7.30. The Labute approximate surface area is 226 Å². The number of hydrogen-bond donors (Lipinski definition) is 4. The fourth-order valence-corrected chi connectivity index (χ4v) is 4.60. The molecule has 0 radical (unpaired) electrons. The molecule has 1 aromatic carbocycles. The summed E-state index contributed by atoms with van der Waals surface area (Å²) in [5, 5.41) is 11.5. The predicted molar refractivity (Wildman–Crippen MR) is 140 cm³/mol. The Morgan fingerprint density at radius 3 is 2.58 bits per heavy atom. The van der Waals surface area contributed by atoms with Gasteiger partial charge in [0.15, 0.2) is 17.2 Å². The Morgan fingerprint density at radius 1 is 1.12 bits per heavy atom. The van der Waals surface area contributed by atoms with Gasteiger partial charge in [-0.2, -0.15) is 18.3 Å². The molecular weight excluding hydrogens is 529 g/mol. The fraction of sp³-hybridized carbons (Fsp3) is 0.320. The van der Waals surface area contributed by atoms with Crippen molar-refractivity contribution >= 4 is 29.1 Å². The minimum absolute atomic E-state index is 0.132. The maximum absolute atomic E-state index is 13.4. The van der Waals surface area contributed by atoms with Gasteiger partial charge < -0.3 is 26.2 Å². The van der Waals surface area contributed by atoms with Gasteiger partial charge >= 0.3 is 12.2 Å². The van der Waals surface area contributed by atoms with E-state index in [9.17, 15) is 22.8 Å². The van der Waals surface area contributed by atoms with Crippen molar-refractivity contribution < 1.29 is 22.8 Å². The molecule has 15 heteroatoms. The number of piperazine rings is 1. The second-order valence-corrected chi connectivity index (χ2v) is 9.21. The number of urea groups is 1. The van der Waals surface area contributed by atoms with E-state index in [1.807, 2.05) is 6.92 Å². The maximum Gasteiger partial charge on any atom is 0.435 e. The normalized spacial score (nSPS) is 14.0. The van der Waals surface area contributed by atoms with E-state index in [4.69, 9.17) is 5.73 Å². The first-order valence-electron chi connectivity index (χ1n) is 12.5. The highest BCUT2D eigenvalue weighted by atomic mass is 19.4. The van der Waals surface area contributed by atoms with Gasteiger partial charge in [0.05, 0.1) is 17.5 Å². The highest BCUT2D eigenvalue weighted by Crippen LogP contribution is 2.36. The number of nitrogens with two attached hydrogens (primary N) is 1. The van der Waals surface area contributed by atoms with Crippen LogP contribution >= 0.6 is 0 Å². The molecule has 40 heavy (non-hydrogen) atoms. The molecule has 3 amide bonds. The molecule has 12 nitrogen and oxygen atoms in total. The van der Waals surface area contributed by atoms with Crippen LogP contribution in [0.2, 0.25) is 0 Å². The van der Waals surface area contributed by atoms with Crippen LogP contribution in [-0.4, -0.2) is 85.6 Å². The first-order chi connectivity index (χ1) is 19.2. The number of hydrogen-bond acceptors (Lipinski definition) is 7. The third kappa shape index (κ3) is 5.27. The van der Waals surface area contributed by atoms with Gasteiger partial charge in [-0.05, 0) is 30.7 Å². The van der Waals surface area contributed by atoms with Crippen molar-refractivity contribution in [1.82, 2.24) is 39.7 Å². The number of halogens is 3. The number of nitrogens with one attached hydrogen (secondary N) is 3. The quantitative estimate of drug-likeness (QED) is 0.285. The van der Waals surface area contributed by atoms with Crippen LogP contribution in [0.1, 0.15) is 21.6 Å². The number of rotatable bonds is 6. The van der Waals surface area contributed by atoms with E-state index in [-0.39, 0.29) is 23.2 Å². The average molecular weight is 557 g/mol. The van der Waals surface area contributed by atoms with Gasteiger partial charge in [0, 0.05) is 69.1 Å². The molecule has 0 aliphatic carbocycles. The molecule has 0 unspecified atom stereocenters. The van der Waals surface area contributed by atoms with Gasteiger partial charge in [-0.15, -0.1) is 0 Å². The van der Waals surface area contributed by atoms with Crippen molar-refractivity contribution in [1.29, 1.82) is 0 Å². The van der Waals surface area contributed by atoms with Crippen molar-refractivity contribution in [2.45, 2.75) is 13.1 Å². The van der Waals surface area contributed by atoms with Crippen molar-refractivity contribution in [3.63, 3.8) is 0 Å². The summed E-state index contributed by atoms with van der Waals surface area (Å²) in [6.45, 7) is 4.24. The molecule has 0 bridgehead atoms. The minimum Gasteiger partial charge on any atom is -0.337 e. The van der Waals surface area contributed by atoms with Gasteiger partial charge in [-0.3, -0.25) is 14.3 Å². The van der Waals surface area contributed by atoms with E-state index in [0.717, 1.165) is 5.56 Å². The first kappa shape index (κ1) is 26.9. The number of imidazole rings is 1. The number of aromatic amines is 1. The molecule has 3 aromatic heterocycles. The molecule has 1 saturated heterocycles. The molecule has 4 aromatic rings. The second-order valence-electron chi connectivity index (χ2n) is 9.21. The summed E-state index contributed by atoms with van der Waals surface area (Å²) in [6, 6.07) is 5.03. The van der Waals surface area contributed by atoms with Gasteiger partial charge in [-0.1, -0.05) is 0 Å². The number of anilines is 2. The largest absolute Gasteiger partial charge is 0.435 e. The van der Waals surface area contributed by atoms with E-state index >= 15 is 0 Å². The van der Waals surface area contributed by atoms with Crippen molar-refractivity contribution in [2.24, 2.45) is 5.73 Å². The topological polar surface area (TPSA) is 150 Å². The van der Waals surface area contributed by atoms with Crippen LogP contribution in [0.3, 0.4) is 0 Å². The molecular formula is C25H27F3N10O2. The number of amides is 3. The molecule has 4 heterocycles. The summed E-state index contributed by atoms with van der Waals surface area (Å²) in [6.07, 6.45) is 0.850. The molecule has 0 spiro atoms. The molecule has 1 aliphatic heterocycles. The number of nitrogens with zero attached hydrogens (tertiary/aromatic N) is 6. The van der Waals surface area contributed by atoms with Crippen LogP contribution in [0.25, 0.3) is 16.9 Å². The standard InChI is InChI=1S/C25H27F3N10O2/c1-15-12-16(2-3-17(15)23(39)36-8-10-37(11-9-36)24(40)31-5-4-29)34-21-22-32-14-19(38(22)7-6-30-21)18-13-33-35-20(18)25(26,27)28/h2-3,6-7,12-14H,4-5,8-11,29H2,1H3,(H,30,34)(H,31,40)(H,33,35). The first-order valence-corrected chi connectivity index (χ1v) is 12.5. The smallest absolute Gasteiger partial charge is 0.337 e. The summed E-state index contributed by atoms with van der Waals surface area (Å²) in [5.74, 6) is 0.193. The summed E-state index contributed by atoms with van der Waals surface area (Å²) in [4.78, 5) is 37.3. The highest BCUT2D eigenvalue weighted by Gasteiger charge is 2.37. The number of benzene rings is 1. The van der Waals surface area contributed by atoms with Crippen LogP contribution in [0.5, 0.6) is 0 Å². The lowest BCUT2D eigenvalue weighted by molar-refractivity contribution is -0.140. The van der Waals surface area contributed by atoms with Crippen molar-refractivity contribution in [2.75, 3.05) is 44.6 Å². The van der Waals surface area contributed by atoms with Crippen LogP contribution in [0, 0.1) is 6.92 Å². The van der Waals surface area contributed by atoms with E-state index in [1.54, 1.807) is 28.0 Å². The monoisotopic (exact) mass is 556 g/mol. The van der Waals surface area contributed by atoms with E-state index in [2.05, 4.69) is 30.8 Å². The summed E-state index contributed by atoms with van der Waals surface area (Å²) >= 11 is 0. The average Bonchev–Trinajstić information content (AvgIpc) is 3.59. The van der Waals surface area contributed by atoms with E-state index < -0.39 is 11.9 Å². The Hall–Kier alpha value is -4.66. The molecule has 0 atom stereocenters. The van der Waals surface area contributed by atoms with Crippen LogP contribution in [0.15, 0.2) is 43.0 Å². The zero-order chi connectivity index (χ0) is 28.4. The zero-order valence-electron chi connectivity index (χ0n) is 21.5. The number of carbonyl (C=O) groups excluding carboxylic acids is 2. The van der Waals surface area contributed by atoms with Crippen molar-refractivity contribution in [3.05, 3.63) is 59.8 Å². The van der Waals surface area contributed by atoms with E-state index in [0.29, 0.717) is 62.0 Å². The minimum atomic E-state index is -4.63. The Morgan fingerprint density at radius 2 is 1.88 bits per heavy atom. The molecule has 1 aliphatic rings. The number of fused-ring (bicyclic) bond motifs is 1. The number of H-pyrrole nitrogens is 1. The number of aromatic nitrogens is 5. The second kappa shape index (κ2) is 10.8. The van der Waals surface area contributed by atoms with Crippen molar-refractivity contribution in [3.8, 4) is 11.3 Å². The highest BCUT2D eigenvalue weighted by molar-refractivity contribution is 5.96. The molecule has 1 fully saturated rings. The summed E-state index contributed by atoms with van der Waals surface area (Å²) < 4.78 is 41.7.